The fraction of sp³-hybridized carbons (Fsp3) is 0.133. The first-order valence-electron chi connectivity index (χ1n) is 6.21. The third-order valence-corrected chi connectivity index (χ3v) is 2.87. The second kappa shape index (κ2) is 5.02. The zero-order valence-electron chi connectivity index (χ0n) is 10.7. The monoisotopic (exact) mass is 253 g/mol. The molecule has 0 spiro atoms. The normalized spacial score (nSPS) is 10.6. The Balaban J connectivity index is 1.68. The van der Waals surface area contributed by atoms with Crippen LogP contribution in [0.5, 0.6) is 0 Å². The number of aryl methyl sites for hydroxylation is 1. The van der Waals surface area contributed by atoms with Gasteiger partial charge in [-0.3, -0.25) is 0 Å². The van der Waals surface area contributed by atoms with Crippen molar-refractivity contribution < 1.29 is 4.42 Å². The summed E-state index contributed by atoms with van der Waals surface area (Å²) in [6, 6.07) is 13.9. The lowest BCUT2D eigenvalue weighted by molar-refractivity contribution is 0.546. The van der Waals surface area contributed by atoms with Crippen molar-refractivity contribution in [3.63, 3.8) is 0 Å². The maximum atomic E-state index is 5.55. The van der Waals surface area contributed by atoms with E-state index in [1.807, 2.05) is 49.4 Å². The van der Waals surface area contributed by atoms with E-state index in [2.05, 4.69) is 15.3 Å². The third-order valence-electron chi connectivity index (χ3n) is 2.87. The van der Waals surface area contributed by atoms with E-state index in [1.165, 1.54) is 0 Å². The van der Waals surface area contributed by atoms with Crippen molar-refractivity contribution in [2.75, 3.05) is 5.32 Å². The van der Waals surface area contributed by atoms with Gasteiger partial charge in [-0.15, -0.1) is 0 Å². The van der Waals surface area contributed by atoms with Gasteiger partial charge in [-0.05, 0) is 31.2 Å². The van der Waals surface area contributed by atoms with Gasteiger partial charge in [0.2, 0.25) is 0 Å². The van der Waals surface area contributed by atoms with E-state index in [1.54, 1.807) is 6.20 Å². The van der Waals surface area contributed by atoms with Crippen molar-refractivity contribution in [1.82, 2.24) is 9.97 Å². The molecule has 0 aliphatic rings. The van der Waals surface area contributed by atoms with Crippen LogP contribution in [-0.4, -0.2) is 9.97 Å². The van der Waals surface area contributed by atoms with Crippen molar-refractivity contribution in [3.05, 3.63) is 60.2 Å². The van der Waals surface area contributed by atoms with Gasteiger partial charge >= 0.3 is 0 Å². The Morgan fingerprint density at radius 1 is 1.16 bits per heavy atom. The molecule has 0 bridgehead atoms. The third kappa shape index (κ3) is 2.68. The van der Waals surface area contributed by atoms with Gasteiger partial charge in [0.15, 0.2) is 5.76 Å². The molecule has 0 fully saturated rings. The lowest BCUT2D eigenvalue weighted by Gasteiger charge is -2.03. The highest BCUT2D eigenvalue weighted by atomic mass is 16.3. The first-order chi connectivity index (χ1) is 9.31. The first-order valence-corrected chi connectivity index (χ1v) is 6.21. The van der Waals surface area contributed by atoms with Gasteiger partial charge in [0.1, 0.15) is 17.3 Å². The number of aromatic amines is 1. The smallest absolute Gasteiger partial charge is 0.152 e. The predicted octanol–water partition coefficient (Wildman–Crippen LogP) is 3.59. The van der Waals surface area contributed by atoms with E-state index in [4.69, 9.17) is 4.42 Å². The number of para-hydroxylation sites is 1. The molecule has 96 valence electrons. The van der Waals surface area contributed by atoms with Crippen molar-refractivity contribution in [1.29, 1.82) is 0 Å². The van der Waals surface area contributed by atoms with Gasteiger partial charge < -0.3 is 14.7 Å². The number of imidazole rings is 1. The molecular formula is C15H15N3O. The summed E-state index contributed by atoms with van der Waals surface area (Å²) in [4.78, 5) is 7.58. The van der Waals surface area contributed by atoms with E-state index in [0.29, 0.717) is 6.54 Å². The molecule has 19 heavy (non-hydrogen) atoms. The first kappa shape index (κ1) is 11.6. The number of H-pyrrole nitrogens is 1. The van der Waals surface area contributed by atoms with Gasteiger partial charge in [-0.2, -0.15) is 0 Å². The zero-order chi connectivity index (χ0) is 13.1. The van der Waals surface area contributed by atoms with Crippen LogP contribution in [0.2, 0.25) is 0 Å². The fourth-order valence-electron chi connectivity index (χ4n) is 1.90. The van der Waals surface area contributed by atoms with E-state index < -0.39 is 0 Å². The summed E-state index contributed by atoms with van der Waals surface area (Å²) in [6.07, 6.45) is 1.79. The fourth-order valence-corrected chi connectivity index (χ4v) is 1.90. The van der Waals surface area contributed by atoms with Crippen LogP contribution in [0.3, 0.4) is 0 Å². The summed E-state index contributed by atoms with van der Waals surface area (Å²) in [5.41, 5.74) is 1.98. The predicted molar refractivity (Wildman–Crippen MR) is 74.8 cm³/mol. The van der Waals surface area contributed by atoms with Gasteiger partial charge in [0.05, 0.1) is 12.7 Å². The standard InChI is InChI=1S/C15H15N3O/c1-11-7-8-14(19-11)13-9-17-15(18-13)10-16-12-5-3-2-4-6-12/h2-9,16H,10H2,1H3,(H,17,18). The summed E-state index contributed by atoms with van der Waals surface area (Å²) < 4.78 is 5.55. The molecule has 0 amide bonds. The zero-order valence-corrected chi connectivity index (χ0v) is 10.7. The molecule has 4 nitrogen and oxygen atoms in total. The molecule has 0 radical (unpaired) electrons. The largest absolute Gasteiger partial charge is 0.460 e. The number of furan rings is 1. The van der Waals surface area contributed by atoms with Crippen LogP contribution in [0.4, 0.5) is 5.69 Å². The average molecular weight is 253 g/mol. The summed E-state index contributed by atoms with van der Waals surface area (Å²) in [7, 11) is 0. The molecule has 3 aromatic rings. The number of hydrogen-bond acceptors (Lipinski definition) is 3. The second-order valence-corrected chi connectivity index (χ2v) is 4.37. The van der Waals surface area contributed by atoms with Crippen molar-refractivity contribution in [3.8, 4) is 11.5 Å². The molecule has 0 unspecified atom stereocenters. The van der Waals surface area contributed by atoms with Crippen molar-refractivity contribution in [2.24, 2.45) is 0 Å². The molecule has 3 rings (SSSR count). The molecule has 0 aliphatic heterocycles. The maximum absolute atomic E-state index is 5.55. The molecule has 2 heterocycles. The highest BCUT2D eigenvalue weighted by Gasteiger charge is 2.06. The van der Waals surface area contributed by atoms with E-state index in [-0.39, 0.29) is 0 Å². The number of hydrogen-bond donors (Lipinski definition) is 2. The molecule has 0 atom stereocenters. The minimum absolute atomic E-state index is 0.656. The Morgan fingerprint density at radius 2 is 2.00 bits per heavy atom. The van der Waals surface area contributed by atoms with E-state index in [0.717, 1.165) is 28.7 Å². The Morgan fingerprint density at radius 3 is 2.74 bits per heavy atom. The minimum Gasteiger partial charge on any atom is -0.460 e. The molecule has 2 aromatic heterocycles. The number of nitrogens with one attached hydrogen (secondary N) is 2. The van der Waals surface area contributed by atoms with Crippen LogP contribution in [0.15, 0.2) is 53.1 Å². The van der Waals surface area contributed by atoms with Crippen LogP contribution in [0, 0.1) is 6.92 Å². The number of aromatic nitrogens is 2. The SMILES string of the molecule is Cc1ccc(-c2cnc(CNc3ccccc3)[nH]2)o1. The Labute approximate surface area is 111 Å². The van der Waals surface area contributed by atoms with Crippen LogP contribution < -0.4 is 5.32 Å². The van der Waals surface area contributed by atoms with E-state index >= 15 is 0 Å². The number of anilines is 1. The molecular weight excluding hydrogens is 238 g/mol. The molecule has 0 aliphatic carbocycles. The van der Waals surface area contributed by atoms with Crippen LogP contribution in [0.1, 0.15) is 11.6 Å². The Bertz CT molecular complexity index is 655. The van der Waals surface area contributed by atoms with E-state index in [9.17, 15) is 0 Å². The van der Waals surface area contributed by atoms with Gasteiger partial charge in [0.25, 0.3) is 0 Å². The lowest BCUT2D eigenvalue weighted by Crippen LogP contribution is -2.00. The van der Waals surface area contributed by atoms with Crippen LogP contribution in [0.25, 0.3) is 11.5 Å². The summed E-state index contributed by atoms with van der Waals surface area (Å²) in [5.74, 6) is 2.59. The quantitative estimate of drug-likeness (QED) is 0.747. The molecule has 0 saturated carbocycles. The summed E-state index contributed by atoms with van der Waals surface area (Å²) >= 11 is 0. The maximum Gasteiger partial charge on any atom is 0.152 e. The Kier molecular flexibility index (Phi) is 3.06. The molecule has 0 saturated heterocycles. The van der Waals surface area contributed by atoms with Gasteiger partial charge in [-0.1, -0.05) is 18.2 Å². The van der Waals surface area contributed by atoms with Crippen molar-refractivity contribution >= 4 is 5.69 Å². The second-order valence-electron chi connectivity index (χ2n) is 4.37. The summed E-state index contributed by atoms with van der Waals surface area (Å²) in [6.45, 7) is 2.58. The highest BCUT2D eigenvalue weighted by molar-refractivity contribution is 5.51. The van der Waals surface area contributed by atoms with Crippen LogP contribution >= 0.6 is 0 Å². The lowest BCUT2D eigenvalue weighted by atomic mass is 10.3. The topological polar surface area (TPSA) is 53.9 Å². The highest BCUT2D eigenvalue weighted by Crippen LogP contribution is 2.19. The number of nitrogens with zero attached hydrogens (tertiary/aromatic N) is 1. The number of rotatable bonds is 4. The average Bonchev–Trinajstić information content (AvgIpc) is 3.06. The van der Waals surface area contributed by atoms with Gasteiger partial charge in [-0.25, -0.2) is 4.98 Å². The summed E-state index contributed by atoms with van der Waals surface area (Å²) in [5, 5.41) is 3.31. The Hall–Kier alpha value is -2.49. The molecule has 2 N–H and O–H groups in total. The van der Waals surface area contributed by atoms with Crippen molar-refractivity contribution in [2.45, 2.75) is 13.5 Å². The van der Waals surface area contributed by atoms with Gasteiger partial charge in [0, 0.05) is 5.69 Å². The minimum atomic E-state index is 0.656. The molecule has 4 heteroatoms. The number of benzene rings is 1. The van der Waals surface area contributed by atoms with Crippen LogP contribution in [-0.2, 0) is 6.54 Å². The molecule has 1 aromatic carbocycles.